The highest BCUT2D eigenvalue weighted by molar-refractivity contribution is 7.21. The number of nitrogens with zero attached hydrogens (tertiary/aromatic N) is 1. The predicted molar refractivity (Wildman–Crippen MR) is 115 cm³/mol. The van der Waals surface area contributed by atoms with E-state index in [0.29, 0.717) is 39.3 Å². The Morgan fingerprint density at radius 2 is 1.83 bits per heavy atom. The Kier molecular flexibility index (Phi) is 5.08. The van der Waals surface area contributed by atoms with Gasteiger partial charge in [-0.3, -0.25) is 4.79 Å². The van der Waals surface area contributed by atoms with Crippen LogP contribution in [0.4, 0.5) is 5.69 Å². The van der Waals surface area contributed by atoms with Crippen LogP contribution < -0.4 is 19.9 Å². The molecule has 0 spiro atoms. The van der Waals surface area contributed by atoms with Crippen LogP contribution in [-0.4, -0.2) is 32.1 Å². The van der Waals surface area contributed by atoms with Crippen LogP contribution in [-0.2, 0) is 12.8 Å². The van der Waals surface area contributed by atoms with E-state index in [2.05, 4.69) is 13.0 Å². The summed E-state index contributed by atoms with van der Waals surface area (Å²) >= 11 is 1.34. The van der Waals surface area contributed by atoms with Gasteiger partial charge in [-0.05, 0) is 48.9 Å². The van der Waals surface area contributed by atoms with E-state index in [0.717, 1.165) is 35.2 Å². The van der Waals surface area contributed by atoms with Crippen LogP contribution in [0.25, 0.3) is 10.2 Å². The molecule has 0 saturated heterocycles. The van der Waals surface area contributed by atoms with E-state index in [1.807, 2.05) is 0 Å². The number of nitrogen functional groups attached to an aromatic ring is 1. The summed E-state index contributed by atoms with van der Waals surface area (Å²) in [4.78, 5) is 19.4. The van der Waals surface area contributed by atoms with Crippen molar-refractivity contribution in [2.75, 3.05) is 27.1 Å². The zero-order valence-electron chi connectivity index (χ0n) is 17.0. The lowest BCUT2D eigenvalue weighted by Gasteiger charge is -2.20. The molecule has 6 nitrogen and oxygen atoms in total. The Labute approximate surface area is 173 Å². The summed E-state index contributed by atoms with van der Waals surface area (Å²) in [6.07, 6.45) is 3.12. The first-order valence-electron chi connectivity index (χ1n) is 9.52. The number of nitrogens with two attached hydrogens (primary N) is 1. The molecule has 0 radical (unpaired) electrons. The maximum absolute atomic E-state index is 13.3. The summed E-state index contributed by atoms with van der Waals surface area (Å²) in [5.74, 6) is 1.76. The van der Waals surface area contributed by atoms with Gasteiger partial charge in [-0.15, -0.1) is 11.3 Å². The summed E-state index contributed by atoms with van der Waals surface area (Å²) in [7, 11) is 4.57. The molecule has 152 valence electrons. The van der Waals surface area contributed by atoms with Crippen LogP contribution in [0.3, 0.4) is 0 Å². The Bertz CT molecular complexity index is 1080. The fourth-order valence-corrected chi connectivity index (χ4v) is 4.94. The van der Waals surface area contributed by atoms with E-state index >= 15 is 0 Å². The van der Waals surface area contributed by atoms with Crippen LogP contribution in [0, 0.1) is 5.92 Å². The molecule has 2 aromatic heterocycles. The van der Waals surface area contributed by atoms with E-state index < -0.39 is 0 Å². The number of ketones is 1. The molecule has 7 heteroatoms. The Balaban J connectivity index is 1.81. The topological polar surface area (TPSA) is 83.7 Å². The second-order valence-corrected chi connectivity index (χ2v) is 8.38. The number of carbonyl (C=O) groups excluding carboxylic acids is 1. The second kappa shape index (κ2) is 7.55. The molecule has 3 aromatic rings. The number of pyridine rings is 1. The van der Waals surface area contributed by atoms with Crippen molar-refractivity contribution < 1.29 is 19.0 Å². The molecule has 1 aliphatic rings. The fourth-order valence-electron chi connectivity index (χ4n) is 3.88. The first-order valence-corrected chi connectivity index (χ1v) is 10.3. The molecular formula is C22H24N2O4S. The summed E-state index contributed by atoms with van der Waals surface area (Å²) in [6.45, 7) is 2.25. The first-order chi connectivity index (χ1) is 14.0. The van der Waals surface area contributed by atoms with Gasteiger partial charge in [0.15, 0.2) is 11.5 Å². The maximum Gasteiger partial charge on any atom is 0.205 e. The highest BCUT2D eigenvalue weighted by Gasteiger charge is 2.24. The SMILES string of the molecule is COc1cc(C(=O)c2sc3nc4c(cc3c2N)CC(C)CC4)cc(OC)c1OC. The van der Waals surface area contributed by atoms with Gasteiger partial charge < -0.3 is 19.9 Å². The van der Waals surface area contributed by atoms with Crippen molar-refractivity contribution >= 4 is 33.0 Å². The number of thiophene rings is 1. The fraction of sp³-hybridized carbons (Fsp3) is 0.364. The third-order valence-electron chi connectivity index (χ3n) is 5.47. The lowest BCUT2D eigenvalue weighted by Crippen LogP contribution is -2.12. The molecule has 0 aliphatic heterocycles. The number of carbonyl (C=O) groups is 1. The van der Waals surface area contributed by atoms with Crippen LogP contribution in [0.1, 0.15) is 39.8 Å². The first kappa shape index (κ1) is 19.5. The van der Waals surface area contributed by atoms with Crippen molar-refractivity contribution in [3.8, 4) is 17.2 Å². The zero-order valence-corrected chi connectivity index (χ0v) is 17.8. The van der Waals surface area contributed by atoms with E-state index in [1.165, 1.54) is 38.2 Å². The molecule has 4 rings (SSSR count). The lowest BCUT2D eigenvalue weighted by atomic mass is 9.87. The number of anilines is 1. The average molecular weight is 413 g/mol. The maximum atomic E-state index is 13.3. The monoisotopic (exact) mass is 412 g/mol. The van der Waals surface area contributed by atoms with E-state index in [-0.39, 0.29) is 5.78 Å². The number of ether oxygens (including phenoxy) is 3. The van der Waals surface area contributed by atoms with Gasteiger partial charge in [-0.25, -0.2) is 4.98 Å². The van der Waals surface area contributed by atoms with Crippen molar-refractivity contribution in [2.24, 2.45) is 5.92 Å². The van der Waals surface area contributed by atoms with E-state index in [4.69, 9.17) is 24.9 Å². The van der Waals surface area contributed by atoms with Gasteiger partial charge in [0.2, 0.25) is 11.5 Å². The smallest absolute Gasteiger partial charge is 0.205 e. The molecule has 1 aliphatic carbocycles. The number of aryl methyl sites for hydroxylation is 1. The summed E-state index contributed by atoms with van der Waals surface area (Å²) in [5, 5.41) is 0.860. The predicted octanol–water partition coefficient (Wildman–Crippen LogP) is 4.26. The number of fused-ring (bicyclic) bond motifs is 2. The van der Waals surface area contributed by atoms with Gasteiger partial charge in [-0.2, -0.15) is 0 Å². The molecular weight excluding hydrogens is 388 g/mol. The van der Waals surface area contributed by atoms with Crippen LogP contribution in [0.5, 0.6) is 17.2 Å². The largest absolute Gasteiger partial charge is 0.493 e. The standard InChI is InChI=1S/C22H24N2O4S/c1-11-5-6-15-12(7-11)8-14-18(23)21(29-22(14)24-15)19(25)13-9-16(26-2)20(28-4)17(10-13)27-3/h8-11H,5-7,23H2,1-4H3. The molecule has 29 heavy (non-hydrogen) atoms. The van der Waals surface area contributed by atoms with E-state index in [1.54, 1.807) is 12.1 Å². The van der Waals surface area contributed by atoms with Gasteiger partial charge in [0, 0.05) is 16.6 Å². The summed E-state index contributed by atoms with van der Waals surface area (Å²) in [6, 6.07) is 5.41. The molecule has 2 N–H and O–H groups in total. The van der Waals surface area contributed by atoms with Crippen molar-refractivity contribution in [1.82, 2.24) is 4.98 Å². The van der Waals surface area contributed by atoms with Gasteiger partial charge in [0.1, 0.15) is 9.71 Å². The molecule has 0 bridgehead atoms. The minimum atomic E-state index is -0.184. The molecule has 0 saturated carbocycles. The molecule has 0 amide bonds. The van der Waals surface area contributed by atoms with Crippen molar-refractivity contribution in [3.63, 3.8) is 0 Å². The minimum Gasteiger partial charge on any atom is -0.493 e. The second-order valence-electron chi connectivity index (χ2n) is 7.38. The Morgan fingerprint density at radius 1 is 1.14 bits per heavy atom. The number of hydrogen-bond donors (Lipinski definition) is 1. The normalized spacial score (nSPS) is 15.8. The lowest BCUT2D eigenvalue weighted by molar-refractivity contribution is 0.104. The minimum absolute atomic E-state index is 0.184. The number of aromatic nitrogens is 1. The van der Waals surface area contributed by atoms with Crippen molar-refractivity contribution in [3.05, 3.63) is 39.9 Å². The van der Waals surface area contributed by atoms with Gasteiger partial charge >= 0.3 is 0 Å². The molecule has 1 aromatic carbocycles. The zero-order chi connectivity index (χ0) is 20.7. The molecule has 1 unspecified atom stereocenters. The number of methoxy groups -OCH3 is 3. The Hall–Kier alpha value is -2.80. The highest BCUT2D eigenvalue weighted by atomic mass is 32.1. The van der Waals surface area contributed by atoms with Crippen molar-refractivity contribution in [2.45, 2.75) is 26.2 Å². The van der Waals surface area contributed by atoms with Crippen LogP contribution in [0.2, 0.25) is 0 Å². The number of rotatable bonds is 5. The molecule has 2 heterocycles. The Morgan fingerprint density at radius 3 is 2.45 bits per heavy atom. The summed E-state index contributed by atoms with van der Waals surface area (Å²) < 4.78 is 16.1. The molecule has 1 atom stereocenters. The van der Waals surface area contributed by atoms with Crippen LogP contribution in [0.15, 0.2) is 18.2 Å². The van der Waals surface area contributed by atoms with Crippen LogP contribution >= 0.6 is 11.3 Å². The van der Waals surface area contributed by atoms with Gasteiger partial charge in [0.05, 0.1) is 27.0 Å². The average Bonchev–Trinajstić information content (AvgIpc) is 3.05. The number of benzene rings is 1. The third-order valence-corrected chi connectivity index (χ3v) is 6.58. The van der Waals surface area contributed by atoms with Crippen molar-refractivity contribution in [1.29, 1.82) is 0 Å². The quantitative estimate of drug-likeness (QED) is 0.631. The number of hydrogen-bond acceptors (Lipinski definition) is 7. The van der Waals surface area contributed by atoms with E-state index in [9.17, 15) is 4.79 Å². The molecule has 0 fully saturated rings. The van der Waals surface area contributed by atoms with Gasteiger partial charge in [-0.1, -0.05) is 6.92 Å². The van der Waals surface area contributed by atoms with Gasteiger partial charge in [0.25, 0.3) is 0 Å². The highest BCUT2D eigenvalue weighted by Crippen LogP contribution is 2.41. The third kappa shape index (κ3) is 3.29. The summed E-state index contributed by atoms with van der Waals surface area (Å²) in [5.41, 5.74) is 9.69.